The first-order chi connectivity index (χ1) is 14.5. The van der Waals surface area contributed by atoms with Crippen LogP contribution in [0.5, 0.6) is 11.5 Å². The first kappa shape index (κ1) is 23.2. The van der Waals surface area contributed by atoms with Crippen molar-refractivity contribution in [1.82, 2.24) is 5.32 Å². The fraction of sp³-hybridized carbons (Fsp3) is 0.318. The maximum atomic E-state index is 12.0. The molecule has 0 saturated carbocycles. The Hall–Kier alpha value is -3.13. The van der Waals surface area contributed by atoms with Gasteiger partial charge in [-0.3, -0.25) is 9.59 Å². The van der Waals surface area contributed by atoms with E-state index in [4.69, 9.17) is 26.4 Å². The van der Waals surface area contributed by atoms with Gasteiger partial charge in [-0.1, -0.05) is 30.3 Å². The largest absolute Gasteiger partial charge is 0.497 e. The second kappa shape index (κ2) is 12.4. The number of rotatable bonds is 10. The lowest BCUT2D eigenvalue weighted by molar-refractivity contribution is -0.145. The molecule has 0 unspecified atom stereocenters. The Kier molecular flexibility index (Phi) is 9.60. The smallest absolute Gasteiger partial charge is 0.306 e. The monoisotopic (exact) mass is 430 g/mol. The zero-order valence-corrected chi connectivity index (χ0v) is 17.9. The number of anilines is 1. The average molecular weight is 431 g/mol. The number of thiocarbonyl (C=S) groups is 1. The number of carbonyl (C=O) groups excluding carboxylic acids is 2. The van der Waals surface area contributed by atoms with Gasteiger partial charge in [0.25, 0.3) is 0 Å². The molecule has 0 bridgehead atoms. The molecule has 2 N–H and O–H groups in total. The van der Waals surface area contributed by atoms with Gasteiger partial charge in [-0.15, -0.1) is 0 Å². The summed E-state index contributed by atoms with van der Waals surface area (Å²) in [6.45, 7) is 0.324. The van der Waals surface area contributed by atoms with Crippen LogP contribution in [0.25, 0.3) is 0 Å². The summed E-state index contributed by atoms with van der Waals surface area (Å²) in [4.78, 5) is 23.8. The molecule has 0 saturated heterocycles. The third-order valence-electron chi connectivity index (χ3n) is 4.18. The van der Waals surface area contributed by atoms with Crippen LogP contribution in [-0.2, 0) is 20.7 Å². The Morgan fingerprint density at radius 2 is 1.77 bits per heavy atom. The highest BCUT2D eigenvalue weighted by Gasteiger charge is 2.12. The molecule has 1 amide bonds. The zero-order chi connectivity index (χ0) is 21.8. The van der Waals surface area contributed by atoms with E-state index in [1.54, 1.807) is 25.3 Å². The van der Waals surface area contributed by atoms with Crippen LogP contribution in [0.15, 0.2) is 48.5 Å². The van der Waals surface area contributed by atoms with Gasteiger partial charge >= 0.3 is 5.97 Å². The number of nitrogens with one attached hydrogen (secondary N) is 2. The third kappa shape index (κ3) is 8.08. The summed E-state index contributed by atoms with van der Waals surface area (Å²) in [6.07, 6.45) is 1.54. The van der Waals surface area contributed by atoms with E-state index in [0.29, 0.717) is 23.8 Å². The first-order valence-electron chi connectivity index (χ1n) is 9.54. The lowest BCUT2D eigenvalue weighted by Gasteiger charge is -2.14. The van der Waals surface area contributed by atoms with Crippen LogP contribution in [0.4, 0.5) is 5.69 Å². The molecule has 0 atom stereocenters. The van der Waals surface area contributed by atoms with Crippen LogP contribution in [0.2, 0.25) is 0 Å². The fourth-order valence-electron chi connectivity index (χ4n) is 2.65. The molecular weight excluding hydrogens is 404 g/mol. The van der Waals surface area contributed by atoms with Gasteiger partial charge in [-0.05, 0) is 42.8 Å². The van der Waals surface area contributed by atoms with Gasteiger partial charge in [0.05, 0.1) is 32.9 Å². The predicted molar refractivity (Wildman–Crippen MR) is 119 cm³/mol. The van der Waals surface area contributed by atoms with Crippen LogP contribution < -0.4 is 20.1 Å². The van der Waals surface area contributed by atoms with E-state index in [9.17, 15) is 9.59 Å². The highest BCUT2D eigenvalue weighted by Crippen LogP contribution is 2.28. The van der Waals surface area contributed by atoms with Crippen LogP contribution in [-0.4, -0.2) is 37.8 Å². The van der Waals surface area contributed by atoms with Gasteiger partial charge < -0.3 is 24.8 Å². The van der Waals surface area contributed by atoms with Crippen LogP contribution in [0.1, 0.15) is 24.8 Å². The van der Waals surface area contributed by atoms with Crippen molar-refractivity contribution < 1.29 is 23.8 Å². The van der Waals surface area contributed by atoms with E-state index >= 15 is 0 Å². The van der Waals surface area contributed by atoms with Crippen molar-refractivity contribution in [3.63, 3.8) is 0 Å². The Labute approximate surface area is 181 Å². The number of hydrogen-bond acceptors (Lipinski definition) is 6. The number of methoxy groups -OCH3 is 2. The summed E-state index contributed by atoms with van der Waals surface area (Å²) in [5.41, 5.74) is 1.75. The average Bonchev–Trinajstić information content (AvgIpc) is 2.75. The Morgan fingerprint density at radius 1 is 1.00 bits per heavy atom. The lowest BCUT2D eigenvalue weighted by Crippen LogP contribution is -2.34. The van der Waals surface area contributed by atoms with Crippen LogP contribution in [0.3, 0.4) is 0 Å². The van der Waals surface area contributed by atoms with Crippen molar-refractivity contribution >= 4 is 34.9 Å². The molecule has 2 rings (SSSR count). The minimum absolute atomic E-state index is 0.0116. The van der Waals surface area contributed by atoms with Gasteiger partial charge in [0.2, 0.25) is 5.91 Å². The first-order valence-corrected chi connectivity index (χ1v) is 9.95. The molecule has 0 aromatic heterocycles. The SMILES string of the molecule is COc1ccc(OC)c(NC(=S)NC(=O)CCC(=O)OCCCc2ccccc2)c1. The number of benzene rings is 2. The highest BCUT2D eigenvalue weighted by molar-refractivity contribution is 7.80. The van der Waals surface area contributed by atoms with Crippen LogP contribution >= 0.6 is 12.2 Å². The van der Waals surface area contributed by atoms with Gasteiger partial charge in [0.1, 0.15) is 11.5 Å². The number of carbonyl (C=O) groups is 2. The maximum Gasteiger partial charge on any atom is 0.306 e. The van der Waals surface area contributed by atoms with E-state index in [1.165, 1.54) is 12.7 Å². The molecule has 7 nitrogen and oxygen atoms in total. The standard InChI is InChI=1S/C22H26N2O5S/c1-27-17-10-11-19(28-2)18(15-17)23-22(30)24-20(25)12-13-21(26)29-14-6-9-16-7-4-3-5-8-16/h3-5,7-8,10-11,15H,6,9,12-14H2,1-2H3,(H2,23,24,25,30). The van der Waals surface area contributed by atoms with E-state index in [2.05, 4.69) is 10.6 Å². The normalized spacial score (nSPS) is 10.1. The fourth-order valence-corrected chi connectivity index (χ4v) is 2.87. The molecule has 2 aromatic rings. The molecule has 0 radical (unpaired) electrons. The van der Waals surface area contributed by atoms with E-state index in [1.807, 2.05) is 30.3 Å². The second-order valence-corrected chi connectivity index (χ2v) is 6.79. The van der Waals surface area contributed by atoms with Crippen LogP contribution in [0, 0.1) is 0 Å². The van der Waals surface area contributed by atoms with Gasteiger partial charge in [-0.2, -0.15) is 0 Å². The maximum absolute atomic E-state index is 12.0. The number of esters is 1. The van der Waals surface area contributed by atoms with Crippen molar-refractivity contribution in [2.75, 3.05) is 26.1 Å². The number of ether oxygens (including phenoxy) is 3. The summed E-state index contributed by atoms with van der Waals surface area (Å²) in [7, 11) is 3.08. The Morgan fingerprint density at radius 3 is 2.47 bits per heavy atom. The van der Waals surface area contributed by atoms with E-state index < -0.39 is 5.97 Å². The highest BCUT2D eigenvalue weighted by atomic mass is 32.1. The molecule has 0 aliphatic rings. The minimum Gasteiger partial charge on any atom is -0.497 e. The van der Waals surface area contributed by atoms with E-state index in [0.717, 1.165) is 12.8 Å². The number of aryl methyl sites for hydroxylation is 1. The molecule has 0 heterocycles. The quantitative estimate of drug-likeness (QED) is 0.339. The molecule has 160 valence electrons. The molecule has 2 aromatic carbocycles. The molecule has 0 aliphatic heterocycles. The summed E-state index contributed by atoms with van der Waals surface area (Å²) in [5, 5.41) is 5.53. The third-order valence-corrected chi connectivity index (χ3v) is 4.38. The number of hydrogen-bond donors (Lipinski definition) is 2. The van der Waals surface area contributed by atoms with Gasteiger partial charge in [-0.25, -0.2) is 0 Å². The zero-order valence-electron chi connectivity index (χ0n) is 17.1. The Balaban J connectivity index is 1.67. The molecule has 0 aliphatic carbocycles. The van der Waals surface area contributed by atoms with Crippen molar-refractivity contribution in [3.05, 3.63) is 54.1 Å². The van der Waals surface area contributed by atoms with Crippen molar-refractivity contribution in [3.8, 4) is 11.5 Å². The minimum atomic E-state index is -0.411. The molecule has 30 heavy (non-hydrogen) atoms. The second-order valence-electron chi connectivity index (χ2n) is 6.38. The summed E-state index contributed by atoms with van der Waals surface area (Å²) in [6, 6.07) is 15.1. The van der Waals surface area contributed by atoms with Gasteiger partial charge in [0.15, 0.2) is 5.11 Å². The van der Waals surface area contributed by atoms with Crippen molar-refractivity contribution in [1.29, 1.82) is 0 Å². The van der Waals surface area contributed by atoms with E-state index in [-0.39, 0.29) is 23.9 Å². The lowest BCUT2D eigenvalue weighted by atomic mass is 10.1. The molecular formula is C22H26N2O5S. The van der Waals surface area contributed by atoms with Gasteiger partial charge in [0, 0.05) is 12.5 Å². The summed E-state index contributed by atoms with van der Waals surface area (Å²) >= 11 is 5.16. The summed E-state index contributed by atoms with van der Waals surface area (Å²) < 4.78 is 15.6. The van der Waals surface area contributed by atoms with Crippen molar-refractivity contribution in [2.24, 2.45) is 0 Å². The van der Waals surface area contributed by atoms with Crippen molar-refractivity contribution in [2.45, 2.75) is 25.7 Å². The Bertz CT molecular complexity index is 858. The molecule has 8 heteroatoms. The molecule has 0 fully saturated rings. The summed E-state index contributed by atoms with van der Waals surface area (Å²) in [5.74, 6) is 0.371. The predicted octanol–water partition coefficient (Wildman–Crippen LogP) is 3.47. The topological polar surface area (TPSA) is 85.9 Å². The molecule has 0 spiro atoms. The number of amides is 1.